The topological polar surface area (TPSA) is 0 Å². The molecule has 0 radical (unpaired) electrons. The Morgan fingerprint density at radius 1 is 1.21 bits per heavy atom. The standard InChI is InChI=1S/C9H4F4S/c10-6-3-5(9(12)13)4-1-2-14-8(4)7(6)11/h1-3,9H. The van der Waals surface area contributed by atoms with E-state index in [0.717, 1.165) is 11.3 Å². The zero-order chi connectivity index (χ0) is 10.3. The summed E-state index contributed by atoms with van der Waals surface area (Å²) in [7, 11) is 0. The van der Waals surface area contributed by atoms with Gasteiger partial charge in [-0.25, -0.2) is 17.6 Å². The van der Waals surface area contributed by atoms with E-state index < -0.39 is 23.6 Å². The summed E-state index contributed by atoms with van der Waals surface area (Å²) in [5, 5.41) is 1.54. The van der Waals surface area contributed by atoms with Crippen LogP contribution in [-0.4, -0.2) is 0 Å². The average Bonchev–Trinajstić information content (AvgIpc) is 2.59. The molecule has 0 atom stereocenters. The lowest BCUT2D eigenvalue weighted by atomic mass is 10.1. The molecule has 1 aromatic carbocycles. The maximum Gasteiger partial charge on any atom is 0.264 e. The molecule has 0 N–H and O–H groups in total. The Hall–Kier alpha value is -1.10. The van der Waals surface area contributed by atoms with Gasteiger partial charge in [0.05, 0.1) is 4.70 Å². The number of thiophene rings is 1. The predicted molar refractivity (Wildman–Crippen MR) is 46.7 cm³/mol. The highest BCUT2D eigenvalue weighted by atomic mass is 32.1. The zero-order valence-electron chi connectivity index (χ0n) is 6.73. The van der Waals surface area contributed by atoms with Gasteiger partial charge < -0.3 is 0 Å². The van der Waals surface area contributed by atoms with Crippen LogP contribution in [0.3, 0.4) is 0 Å². The van der Waals surface area contributed by atoms with E-state index in [2.05, 4.69) is 0 Å². The second kappa shape index (κ2) is 3.24. The average molecular weight is 220 g/mol. The van der Waals surface area contributed by atoms with Crippen molar-refractivity contribution in [3.05, 3.63) is 34.7 Å². The molecule has 0 fully saturated rings. The SMILES string of the molecule is Fc1cc(C(F)F)c2ccsc2c1F. The van der Waals surface area contributed by atoms with Gasteiger partial charge in [0.2, 0.25) is 0 Å². The molecule has 5 heteroatoms. The Labute approximate surface area is 80.8 Å². The molecular formula is C9H4F4S. The lowest BCUT2D eigenvalue weighted by Gasteiger charge is -2.03. The molecular weight excluding hydrogens is 216 g/mol. The highest BCUT2D eigenvalue weighted by Crippen LogP contribution is 2.33. The summed E-state index contributed by atoms with van der Waals surface area (Å²) in [6, 6.07) is 1.92. The van der Waals surface area contributed by atoms with Crippen molar-refractivity contribution in [3.63, 3.8) is 0 Å². The minimum Gasteiger partial charge on any atom is -0.205 e. The molecule has 0 unspecified atom stereocenters. The monoisotopic (exact) mass is 220 g/mol. The fourth-order valence-electron chi connectivity index (χ4n) is 1.27. The predicted octanol–water partition coefficient (Wildman–Crippen LogP) is 4.12. The van der Waals surface area contributed by atoms with E-state index >= 15 is 0 Å². The summed E-state index contributed by atoms with van der Waals surface area (Å²) in [5.74, 6) is -2.28. The lowest BCUT2D eigenvalue weighted by molar-refractivity contribution is 0.152. The van der Waals surface area contributed by atoms with Gasteiger partial charge in [0.15, 0.2) is 11.6 Å². The van der Waals surface area contributed by atoms with Gasteiger partial charge in [0.1, 0.15) is 0 Å². The van der Waals surface area contributed by atoms with Gasteiger partial charge in [-0.1, -0.05) is 0 Å². The van der Waals surface area contributed by atoms with Crippen molar-refractivity contribution in [1.29, 1.82) is 0 Å². The third-order valence-electron chi connectivity index (χ3n) is 1.90. The van der Waals surface area contributed by atoms with Crippen LogP contribution >= 0.6 is 11.3 Å². The molecule has 74 valence electrons. The van der Waals surface area contributed by atoms with Crippen LogP contribution in [0.5, 0.6) is 0 Å². The Morgan fingerprint density at radius 2 is 1.93 bits per heavy atom. The van der Waals surface area contributed by atoms with Crippen molar-refractivity contribution in [2.24, 2.45) is 0 Å². The Bertz CT molecular complexity index is 475. The molecule has 1 aromatic heterocycles. The normalized spacial score (nSPS) is 11.5. The molecule has 1 heterocycles. The molecule has 14 heavy (non-hydrogen) atoms. The minimum absolute atomic E-state index is 0.0553. The summed E-state index contributed by atoms with van der Waals surface area (Å²) in [6.45, 7) is 0. The van der Waals surface area contributed by atoms with Crippen LogP contribution in [0.15, 0.2) is 17.5 Å². The highest BCUT2D eigenvalue weighted by Gasteiger charge is 2.18. The van der Waals surface area contributed by atoms with Gasteiger partial charge in [-0.2, -0.15) is 0 Å². The van der Waals surface area contributed by atoms with Gasteiger partial charge in [0, 0.05) is 10.9 Å². The number of hydrogen-bond donors (Lipinski definition) is 0. The Morgan fingerprint density at radius 3 is 2.57 bits per heavy atom. The number of benzene rings is 1. The van der Waals surface area contributed by atoms with Crippen LogP contribution in [0.1, 0.15) is 12.0 Å². The molecule has 0 amide bonds. The van der Waals surface area contributed by atoms with E-state index in [1.807, 2.05) is 0 Å². The van der Waals surface area contributed by atoms with Crippen molar-refractivity contribution in [2.45, 2.75) is 6.43 Å². The largest absolute Gasteiger partial charge is 0.264 e. The summed E-state index contributed by atoms with van der Waals surface area (Å²) in [5.41, 5.74) is -0.458. The molecule has 0 spiro atoms. The molecule has 0 aliphatic rings. The van der Waals surface area contributed by atoms with Crippen LogP contribution in [-0.2, 0) is 0 Å². The maximum atomic E-state index is 13.1. The lowest BCUT2D eigenvalue weighted by Crippen LogP contribution is -1.91. The molecule has 0 saturated heterocycles. The van der Waals surface area contributed by atoms with Crippen molar-refractivity contribution in [1.82, 2.24) is 0 Å². The summed E-state index contributed by atoms with van der Waals surface area (Å²) >= 11 is 0.911. The van der Waals surface area contributed by atoms with E-state index in [0.29, 0.717) is 6.07 Å². The first-order valence-corrected chi connectivity index (χ1v) is 4.62. The van der Waals surface area contributed by atoms with E-state index in [-0.39, 0.29) is 10.1 Å². The molecule has 0 aliphatic heterocycles. The maximum absolute atomic E-state index is 13.1. The summed E-state index contributed by atoms with van der Waals surface area (Å²) < 4.78 is 50.7. The quantitative estimate of drug-likeness (QED) is 0.634. The molecule has 2 rings (SSSR count). The van der Waals surface area contributed by atoms with E-state index in [1.54, 1.807) is 0 Å². The van der Waals surface area contributed by atoms with Gasteiger partial charge >= 0.3 is 0 Å². The van der Waals surface area contributed by atoms with Crippen LogP contribution in [0.4, 0.5) is 17.6 Å². The van der Waals surface area contributed by atoms with Crippen LogP contribution in [0, 0.1) is 11.6 Å². The molecule has 0 saturated carbocycles. The van der Waals surface area contributed by atoms with Gasteiger partial charge in [-0.3, -0.25) is 0 Å². The van der Waals surface area contributed by atoms with Crippen LogP contribution in [0.25, 0.3) is 10.1 Å². The molecule has 0 nitrogen and oxygen atoms in total. The molecule has 0 bridgehead atoms. The van der Waals surface area contributed by atoms with E-state index in [1.165, 1.54) is 11.4 Å². The number of halogens is 4. The third kappa shape index (κ3) is 1.28. The smallest absolute Gasteiger partial charge is 0.205 e. The zero-order valence-corrected chi connectivity index (χ0v) is 7.55. The van der Waals surface area contributed by atoms with E-state index in [9.17, 15) is 17.6 Å². The second-order valence-corrected chi connectivity index (χ2v) is 3.64. The Balaban J connectivity index is 2.84. The first-order valence-electron chi connectivity index (χ1n) is 3.74. The third-order valence-corrected chi connectivity index (χ3v) is 2.81. The van der Waals surface area contributed by atoms with E-state index in [4.69, 9.17) is 0 Å². The first-order chi connectivity index (χ1) is 6.61. The van der Waals surface area contributed by atoms with Gasteiger partial charge in [-0.05, 0) is 17.5 Å². The van der Waals surface area contributed by atoms with Crippen molar-refractivity contribution in [3.8, 4) is 0 Å². The summed E-state index contributed by atoms with van der Waals surface area (Å²) in [6.07, 6.45) is -2.79. The van der Waals surface area contributed by atoms with Gasteiger partial charge in [-0.15, -0.1) is 11.3 Å². The molecule has 0 aliphatic carbocycles. The number of hydrogen-bond acceptors (Lipinski definition) is 1. The Kier molecular flexibility index (Phi) is 2.19. The van der Waals surface area contributed by atoms with Crippen LogP contribution in [0.2, 0.25) is 0 Å². The second-order valence-electron chi connectivity index (χ2n) is 2.73. The van der Waals surface area contributed by atoms with Crippen molar-refractivity contribution in [2.75, 3.05) is 0 Å². The summed E-state index contributed by atoms with van der Waals surface area (Å²) in [4.78, 5) is 0. The first kappa shape index (κ1) is 9.45. The number of alkyl halides is 2. The fraction of sp³-hybridized carbons (Fsp3) is 0.111. The van der Waals surface area contributed by atoms with Crippen molar-refractivity contribution >= 4 is 21.4 Å². The van der Waals surface area contributed by atoms with Crippen LogP contribution < -0.4 is 0 Å². The fourth-order valence-corrected chi connectivity index (χ4v) is 2.13. The number of fused-ring (bicyclic) bond motifs is 1. The van der Waals surface area contributed by atoms with Crippen molar-refractivity contribution < 1.29 is 17.6 Å². The highest BCUT2D eigenvalue weighted by molar-refractivity contribution is 7.17. The number of rotatable bonds is 1. The van der Waals surface area contributed by atoms with Gasteiger partial charge in [0.25, 0.3) is 6.43 Å². The minimum atomic E-state index is -2.79. The molecule has 2 aromatic rings.